The molecule has 0 atom stereocenters. The molecule has 0 bridgehead atoms. The van der Waals surface area contributed by atoms with Crippen molar-refractivity contribution in [2.24, 2.45) is 5.92 Å². The van der Waals surface area contributed by atoms with Gasteiger partial charge in [-0.05, 0) is 12.3 Å². The Morgan fingerprint density at radius 1 is 1.47 bits per heavy atom. The summed E-state index contributed by atoms with van der Waals surface area (Å²) in [4.78, 5) is 11.5. The number of esters is 1. The fourth-order valence-electron chi connectivity index (χ4n) is 1.76. The largest absolute Gasteiger partial charge is 0.464 e. The van der Waals surface area contributed by atoms with E-state index in [9.17, 15) is 4.79 Å². The molecule has 0 aliphatic heterocycles. The second-order valence-electron chi connectivity index (χ2n) is 4.26. The summed E-state index contributed by atoms with van der Waals surface area (Å²) in [5, 5.41) is 7.85. The number of methoxy groups -OCH3 is 2. The van der Waals surface area contributed by atoms with Crippen LogP contribution in [0.25, 0.3) is 0 Å². The standard InChI is InChI=1S/C11H17N3O3/c1-16-7-9-10(11(15)17-2)12-13-14(9)6-5-8-3-4-8/h8H,3-7H2,1-2H3. The van der Waals surface area contributed by atoms with Crippen LogP contribution in [0.5, 0.6) is 0 Å². The molecular weight excluding hydrogens is 222 g/mol. The first-order chi connectivity index (χ1) is 8.26. The van der Waals surface area contributed by atoms with Gasteiger partial charge in [0.2, 0.25) is 0 Å². The predicted molar refractivity (Wildman–Crippen MR) is 59.4 cm³/mol. The zero-order valence-corrected chi connectivity index (χ0v) is 10.2. The predicted octanol–water partition coefficient (Wildman–Crippen LogP) is 1.01. The van der Waals surface area contributed by atoms with Gasteiger partial charge in [0.25, 0.3) is 0 Å². The van der Waals surface area contributed by atoms with Gasteiger partial charge in [0.15, 0.2) is 5.69 Å². The summed E-state index contributed by atoms with van der Waals surface area (Å²) in [7, 11) is 2.92. The molecule has 6 heteroatoms. The average Bonchev–Trinajstić information content (AvgIpc) is 3.09. The van der Waals surface area contributed by atoms with Crippen molar-refractivity contribution in [1.29, 1.82) is 0 Å². The zero-order chi connectivity index (χ0) is 12.3. The Labute approximate surface area is 99.9 Å². The van der Waals surface area contributed by atoms with Crippen molar-refractivity contribution in [2.75, 3.05) is 14.2 Å². The molecule has 0 spiro atoms. The second-order valence-corrected chi connectivity index (χ2v) is 4.26. The van der Waals surface area contributed by atoms with Gasteiger partial charge in [0.1, 0.15) is 0 Å². The summed E-state index contributed by atoms with van der Waals surface area (Å²) < 4.78 is 11.5. The Hall–Kier alpha value is -1.43. The molecule has 0 N–H and O–H groups in total. The van der Waals surface area contributed by atoms with Crippen LogP contribution >= 0.6 is 0 Å². The number of nitrogens with zero attached hydrogens (tertiary/aromatic N) is 3. The van der Waals surface area contributed by atoms with Gasteiger partial charge in [-0.1, -0.05) is 18.1 Å². The number of aryl methyl sites for hydroxylation is 1. The lowest BCUT2D eigenvalue weighted by Gasteiger charge is -2.05. The van der Waals surface area contributed by atoms with Crippen LogP contribution in [0.15, 0.2) is 0 Å². The number of aromatic nitrogens is 3. The number of hydrogen-bond donors (Lipinski definition) is 0. The van der Waals surface area contributed by atoms with Gasteiger partial charge in [-0.25, -0.2) is 9.48 Å². The topological polar surface area (TPSA) is 66.2 Å². The van der Waals surface area contributed by atoms with Crippen LogP contribution in [0.3, 0.4) is 0 Å². The van der Waals surface area contributed by atoms with E-state index in [2.05, 4.69) is 15.0 Å². The van der Waals surface area contributed by atoms with E-state index in [4.69, 9.17) is 4.74 Å². The quantitative estimate of drug-likeness (QED) is 0.693. The molecule has 1 fully saturated rings. The molecular formula is C11H17N3O3. The SMILES string of the molecule is COCc1c(C(=O)OC)nnn1CCC1CC1. The Balaban J connectivity index is 2.12. The highest BCUT2D eigenvalue weighted by Crippen LogP contribution is 2.32. The van der Waals surface area contributed by atoms with Crippen molar-refractivity contribution in [2.45, 2.75) is 32.4 Å². The van der Waals surface area contributed by atoms with Gasteiger partial charge < -0.3 is 9.47 Å². The summed E-state index contributed by atoms with van der Waals surface area (Å²) in [5.41, 5.74) is 0.949. The maximum atomic E-state index is 11.5. The van der Waals surface area contributed by atoms with Crippen LogP contribution in [0.2, 0.25) is 0 Å². The molecule has 0 unspecified atom stereocenters. The normalized spacial score (nSPS) is 14.9. The molecule has 94 valence electrons. The van der Waals surface area contributed by atoms with E-state index in [-0.39, 0.29) is 5.69 Å². The van der Waals surface area contributed by atoms with E-state index in [1.807, 2.05) is 0 Å². The Bertz CT molecular complexity index is 399. The molecule has 0 amide bonds. The maximum absolute atomic E-state index is 11.5. The van der Waals surface area contributed by atoms with E-state index in [0.717, 1.165) is 18.9 Å². The minimum absolute atomic E-state index is 0.255. The van der Waals surface area contributed by atoms with Crippen LogP contribution in [-0.2, 0) is 22.6 Å². The highest BCUT2D eigenvalue weighted by Gasteiger charge is 2.24. The van der Waals surface area contributed by atoms with E-state index in [1.54, 1.807) is 11.8 Å². The monoisotopic (exact) mass is 239 g/mol. The molecule has 1 aromatic heterocycles. The Morgan fingerprint density at radius 3 is 2.82 bits per heavy atom. The van der Waals surface area contributed by atoms with Gasteiger partial charge in [-0.15, -0.1) is 5.10 Å². The first kappa shape index (κ1) is 12.0. The van der Waals surface area contributed by atoms with E-state index in [1.165, 1.54) is 20.0 Å². The fraction of sp³-hybridized carbons (Fsp3) is 0.727. The Kier molecular flexibility index (Phi) is 3.73. The summed E-state index contributed by atoms with van der Waals surface area (Å²) in [6, 6.07) is 0. The number of ether oxygens (including phenoxy) is 2. The van der Waals surface area contributed by atoms with E-state index < -0.39 is 5.97 Å². The lowest BCUT2D eigenvalue weighted by atomic mass is 10.3. The summed E-state index contributed by atoms with van der Waals surface area (Å²) >= 11 is 0. The fourth-order valence-corrected chi connectivity index (χ4v) is 1.76. The molecule has 0 radical (unpaired) electrons. The minimum atomic E-state index is -0.463. The third-order valence-corrected chi connectivity index (χ3v) is 2.94. The van der Waals surface area contributed by atoms with Crippen LogP contribution < -0.4 is 0 Å². The van der Waals surface area contributed by atoms with Crippen molar-refractivity contribution >= 4 is 5.97 Å². The highest BCUT2D eigenvalue weighted by molar-refractivity contribution is 5.88. The molecule has 1 heterocycles. The second kappa shape index (κ2) is 5.27. The van der Waals surface area contributed by atoms with Crippen LogP contribution in [0.4, 0.5) is 0 Å². The van der Waals surface area contributed by atoms with Crippen molar-refractivity contribution in [3.8, 4) is 0 Å². The molecule has 1 aliphatic carbocycles. The molecule has 2 rings (SSSR count). The highest BCUT2D eigenvalue weighted by atomic mass is 16.5. The van der Waals surface area contributed by atoms with Gasteiger partial charge in [-0.3, -0.25) is 0 Å². The smallest absolute Gasteiger partial charge is 0.360 e. The van der Waals surface area contributed by atoms with E-state index in [0.29, 0.717) is 12.3 Å². The van der Waals surface area contributed by atoms with E-state index >= 15 is 0 Å². The number of carbonyl (C=O) groups is 1. The zero-order valence-electron chi connectivity index (χ0n) is 10.2. The van der Waals surface area contributed by atoms with Crippen LogP contribution in [0.1, 0.15) is 35.4 Å². The van der Waals surface area contributed by atoms with Gasteiger partial charge >= 0.3 is 5.97 Å². The van der Waals surface area contributed by atoms with Crippen molar-refractivity contribution < 1.29 is 14.3 Å². The number of hydrogen-bond acceptors (Lipinski definition) is 5. The van der Waals surface area contributed by atoms with Gasteiger partial charge in [0, 0.05) is 13.7 Å². The number of carbonyl (C=O) groups excluding carboxylic acids is 1. The lowest BCUT2D eigenvalue weighted by molar-refractivity contribution is 0.0588. The first-order valence-electron chi connectivity index (χ1n) is 5.76. The third kappa shape index (κ3) is 2.82. The number of rotatable bonds is 6. The summed E-state index contributed by atoms with van der Waals surface area (Å²) in [6.45, 7) is 1.11. The molecule has 0 aromatic carbocycles. The van der Waals surface area contributed by atoms with Gasteiger partial charge in [-0.2, -0.15) is 0 Å². The molecule has 1 aliphatic rings. The summed E-state index contributed by atoms with van der Waals surface area (Å²) in [5.74, 6) is 0.353. The molecule has 0 saturated heterocycles. The third-order valence-electron chi connectivity index (χ3n) is 2.94. The average molecular weight is 239 g/mol. The summed E-state index contributed by atoms with van der Waals surface area (Å²) in [6.07, 6.45) is 3.69. The molecule has 1 aromatic rings. The molecule has 1 saturated carbocycles. The molecule has 6 nitrogen and oxygen atoms in total. The minimum Gasteiger partial charge on any atom is -0.464 e. The van der Waals surface area contributed by atoms with Crippen molar-refractivity contribution in [3.05, 3.63) is 11.4 Å². The van der Waals surface area contributed by atoms with Crippen molar-refractivity contribution in [3.63, 3.8) is 0 Å². The van der Waals surface area contributed by atoms with Crippen LogP contribution in [0, 0.1) is 5.92 Å². The molecule has 17 heavy (non-hydrogen) atoms. The maximum Gasteiger partial charge on any atom is 0.360 e. The first-order valence-corrected chi connectivity index (χ1v) is 5.76. The van der Waals surface area contributed by atoms with Gasteiger partial charge in [0.05, 0.1) is 19.4 Å². The van der Waals surface area contributed by atoms with Crippen LogP contribution in [-0.4, -0.2) is 35.2 Å². The van der Waals surface area contributed by atoms with Crippen molar-refractivity contribution in [1.82, 2.24) is 15.0 Å². The Morgan fingerprint density at radius 2 is 2.24 bits per heavy atom. The lowest BCUT2D eigenvalue weighted by Crippen LogP contribution is -2.11.